The van der Waals surface area contributed by atoms with Gasteiger partial charge in [0.05, 0.1) is 5.56 Å². The van der Waals surface area contributed by atoms with E-state index in [0.29, 0.717) is 17.5 Å². The molecule has 4 N–H and O–H groups in total. The van der Waals surface area contributed by atoms with Crippen LogP contribution in [0.2, 0.25) is 0 Å². The molecule has 0 fully saturated rings. The number of carbonyl (C=O) groups excluding carboxylic acids is 1. The van der Waals surface area contributed by atoms with Crippen molar-refractivity contribution >= 4 is 11.9 Å². The number of carbonyl (C=O) groups is 1. The Kier molecular flexibility index (Phi) is 7.48. The first-order valence-electron chi connectivity index (χ1n) is 9.67. The lowest BCUT2D eigenvalue weighted by Gasteiger charge is -2.18. The van der Waals surface area contributed by atoms with E-state index in [-0.39, 0.29) is 34.5 Å². The van der Waals surface area contributed by atoms with Gasteiger partial charge in [-0.25, -0.2) is 0 Å². The molecule has 0 heterocycles. The fraction of sp³-hybridized carbons (Fsp3) is 0.240. The number of ketones is 1. The molecule has 0 aromatic heterocycles. The summed E-state index contributed by atoms with van der Waals surface area (Å²) < 4.78 is 0. The van der Waals surface area contributed by atoms with Crippen LogP contribution in [0.1, 0.15) is 48.7 Å². The van der Waals surface area contributed by atoms with Crippen molar-refractivity contribution in [3.8, 4) is 23.0 Å². The molecule has 0 radical (unpaired) electrons. The van der Waals surface area contributed by atoms with E-state index >= 15 is 0 Å². The first-order valence-corrected chi connectivity index (χ1v) is 9.67. The van der Waals surface area contributed by atoms with Crippen LogP contribution in [-0.2, 0) is 6.42 Å². The van der Waals surface area contributed by atoms with E-state index in [1.54, 1.807) is 0 Å². The van der Waals surface area contributed by atoms with Gasteiger partial charge in [0.25, 0.3) is 0 Å². The third-order valence-electron chi connectivity index (χ3n) is 4.91. The van der Waals surface area contributed by atoms with E-state index in [2.05, 4.69) is 12.7 Å². The maximum Gasteiger partial charge on any atom is 0.189 e. The lowest BCUT2D eigenvalue weighted by Crippen LogP contribution is -2.07. The molecule has 5 nitrogen and oxygen atoms in total. The maximum atomic E-state index is 12.6. The number of hydrogen-bond donors (Lipinski definition) is 4. The summed E-state index contributed by atoms with van der Waals surface area (Å²) >= 11 is 0. The highest BCUT2D eigenvalue weighted by Crippen LogP contribution is 2.35. The third-order valence-corrected chi connectivity index (χ3v) is 4.91. The van der Waals surface area contributed by atoms with Crippen LogP contribution in [0.25, 0.3) is 6.08 Å². The van der Waals surface area contributed by atoms with Crippen molar-refractivity contribution in [2.75, 3.05) is 0 Å². The molecule has 1 atom stereocenters. The minimum absolute atomic E-state index is 0.00605. The van der Waals surface area contributed by atoms with Gasteiger partial charge in [-0.05, 0) is 75.9 Å². The summed E-state index contributed by atoms with van der Waals surface area (Å²) in [7, 11) is 0. The van der Waals surface area contributed by atoms with E-state index in [1.807, 2.05) is 20.8 Å². The van der Waals surface area contributed by atoms with Gasteiger partial charge in [-0.15, -0.1) is 0 Å². The van der Waals surface area contributed by atoms with Gasteiger partial charge in [0.2, 0.25) is 0 Å². The fourth-order valence-corrected chi connectivity index (χ4v) is 3.04. The minimum atomic E-state index is -0.475. The van der Waals surface area contributed by atoms with Crippen molar-refractivity contribution in [3.63, 3.8) is 0 Å². The van der Waals surface area contributed by atoms with E-state index < -0.39 is 5.78 Å². The summed E-state index contributed by atoms with van der Waals surface area (Å²) in [6.45, 7) is 9.92. The molecule has 5 heteroatoms. The van der Waals surface area contributed by atoms with E-state index in [9.17, 15) is 25.2 Å². The number of phenols is 4. The second-order valence-electron chi connectivity index (χ2n) is 7.66. The van der Waals surface area contributed by atoms with Crippen molar-refractivity contribution in [2.45, 2.75) is 33.6 Å². The molecule has 158 valence electrons. The van der Waals surface area contributed by atoms with Crippen LogP contribution in [-0.4, -0.2) is 26.2 Å². The lowest BCUT2D eigenvalue weighted by molar-refractivity contribution is 0.104. The Bertz CT molecular complexity index is 1010. The molecule has 0 saturated carbocycles. The van der Waals surface area contributed by atoms with Gasteiger partial charge in [-0.3, -0.25) is 4.79 Å². The Morgan fingerprint density at radius 2 is 1.73 bits per heavy atom. The molecule has 0 amide bonds. The molecule has 2 aromatic carbocycles. The van der Waals surface area contributed by atoms with Crippen LogP contribution < -0.4 is 0 Å². The summed E-state index contributed by atoms with van der Waals surface area (Å²) in [4.78, 5) is 12.6. The molecule has 0 aliphatic carbocycles. The van der Waals surface area contributed by atoms with Crippen LogP contribution in [0, 0.1) is 5.92 Å². The van der Waals surface area contributed by atoms with Gasteiger partial charge in [0, 0.05) is 17.2 Å². The molecular formula is C25H28O5. The number of allylic oxidation sites excluding steroid dienone is 4. The Labute approximate surface area is 177 Å². The van der Waals surface area contributed by atoms with Gasteiger partial charge >= 0.3 is 0 Å². The van der Waals surface area contributed by atoms with Crippen LogP contribution in [0.15, 0.2) is 60.2 Å². The highest BCUT2D eigenvalue weighted by molar-refractivity contribution is 6.09. The molecule has 0 aliphatic rings. The molecule has 0 bridgehead atoms. The number of hydrogen-bond acceptors (Lipinski definition) is 5. The monoisotopic (exact) mass is 408 g/mol. The summed E-state index contributed by atoms with van der Waals surface area (Å²) in [5.74, 6) is -1.06. The van der Waals surface area contributed by atoms with E-state index in [0.717, 1.165) is 12.0 Å². The highest BCUT2D eigenvalue weighted by atomic mass is 16.3. The number of aromatic hydroxyl groups is 4. The van der Waals surface area contributed by atoms with Crippen molar-refractivity contribution < 1.29 is 25.2 Å². The molecule has 1 unspecified atom stereocenters. The lowest BCUT2D eigenvalue weighted by atomic mass is 9.88. The number of phenolic OH excluding ortho intramolecular Hbond substituents is 4. The predicted octanol–water partition coefficient (Wildman–Crippen LogP) is 5.50. The van der Waals surface area contributed by atoms with Crippen molar-refractivity contribution in [2.24, 2.45) is 5.92 Å². The van der Waals surface area contributed by atoms with Crippen LogP contribution >= 0.6 is 0 Å². The van der Waals surface area contributed by atoms with Gasteiger partial charge in [-0.1, -0.05) is 23.8 Å². The standard InChI is InChI=1S/C25H28O5/c1-15(2)5-6-18(16(3)4)13-21-23(28)12-10-20(25(21)30)22(27)11-8-17-7-9-19(26)14-24(17)29/h5,7-12,14,18,26,28-30H,3,6,13H2,1-2,4H3/b11-8+. The number of benzene rings is 2. The Morgan fingerprint density at radius 3 is 2.33 bits per heavy atom. The zero-order valence-electron chi connectivity index (χ0n) is 17.5. The Hall–Kier alpha value is -3.47. The predicted molar refractivity (Wildman–Crippen MR) is 119 cm³/mol. The third kappa shape index (κ3) is 5.77. The van der Waals surface area contributed by atoms with Crippen molar-refractivity contribution in [3.05, 3.63) is 76.9 Å². The van der Waals surface area contributed by atoms with Gasteiger partial charge in [0.1, 0.15) is 23.0 Å². The number of rotatable bonds is 8. The highest BCUT2D eigenvalue weighted by Gasteiger charge is 2.20. The molecule has 2 rings (SSSR count). The summed E-state index contributed by atoms with van der Waals surface area (Å²) in [6.07, 6.45) is 5.76. The average molecular weight is 408 g/mol. The van der Waals surface area contributed by atoms with Crippen LogP contribution in [0.4, 0.5) is 0 Å². The topological polar surface area (TPSA) is 98.0 Å². The molecule has 2 aromatic rings. The first kappa shape index (κ1) is 22.8. The maximum absolute atomic E-state index is 12.6. The van der Waals surface area contributed by atoms with Crippen molar-refractivity contribution in [1.29, 1.82) is 0 Å². The van der Waals surface area contributed by atoms with Crippen LogP contribution in [0.5, 0.6) is 23.0 Å². The van der Waals surface area contributed by atoms with E-state index in [1.165, 1.54) is 48.1 Å². The molecule has 30 heavy (non-hydrogen) atoms. The average Bonchev–Trinajstić information content (AvgIpc) is 2.66. The van der Waals surface area contributed by atoms with Gasteiger partial charge in [-0.2, -0.15) is 0 Å². The van der Waals surface area contributed by atoms with Crippen LogP contribution in [0.3, 0.4) is 0 Å². The molecule has 0 aliphatic heterocycles. The molecule has 0 saturated heterocycles. The zero-order chi connectivity index (χ0) is 22.4. The second-order valence-corrected chi connectivity index (χ2v) is 7.66. The fourth-order valence-electron chi connectivity index (χ4n) is 3.04. The minimum Gasteiger partial charge on any atom is -0.508 e. The van der Waals surface area contributed by atoms with Gasteiger partial charge < -0.3 is 20.4 Å². The largest absolute Gasteiger partial charge is 0.508 e. The molecule has 0 spiro atoms. The quantitative estimate of drug-likeness (QED) is 0.263. The summed E-state index contributed by atoms with van der Waals surface area (Å²) in [6, 6.07) is 6.79. The second kappa shape index (κ2) is 9.83. The Balaban J connectivity index is 2.32. The van der Waals surface area contributed by atoms with Crippen molar-refractivity contribution in [1.82, 2.24) is 0 Å². The normalized spacial score (nSPS) is 12.0. The first-order chi connectivity index (χ1) is 14.1. The smallest absolute Gasteiger partial charge is 0.189 e. The van der Waals surface area contributed by atoms with E-state index in [4.69, 9.17) is 0 Å². The Morgan fingerprint density at radius 1 is 1.03 bits per heavy atom. The zero-order valence-corrected chi connectivity index (χ0v) is 17.5. The molecular weight excluding hydrogens is 380 g/mol. The SMILES string of the molecule is C=C(C)C(CC=C(C)C)Cc1c(O)ccc(C(=O)/C=C/c2ccc(O)cc2O)c1O. The van der Waals surface area contributed by atoms with Gasteiger partial charge in [0.15, 0.2) is 5.78 Å². The summed E-state index contributed by atoms with van der Waals surface area (Å²) in [5, 5.41) is 40.2. The summed E-state index contributed by atoms with van der Waals surface area (Å²) in [5.41, 5.74) is 2.80.